The molecule has 13 heteroatoms. The number of nitrogens with one attached hydrogen (secondary N) is 3. The molecule has 3 amide bonds. The largest absolute Gasteiger partial charge is 0.350 e. The van der Waals surface area contributed by atoms with Crippen LogP contribution in [0.15, 0.2) is 60.9 Å². The van der Waals surface area contributed by atoms with Crippen molar-refractivity contribution in [2.45, 2.75) is 72.0 Å². The van der Waals surface area contributed by atoms with Gasteiger partial charge in [0.25, 0.3) is 5.91 Å². The monoisotopic (exact) mass is 752 g/mol. The number of aromatic nitrogens is 3. The number of hydrogen-bond donors (Lipinski definition) is 3. The fourth-order valence-corrected chi connectivity index (χ4v) is 8.12. The Labute approximate surface area is 320 Å². The summed E-state index contributed by atoms with van der Waals surface area (Å²) in [5.41, 5.74) is 1.86. The van der Waals surface area contributed by atoms with Gasteiger partial charge in [-0.3, -0.25) is 14.4 Å². The number of amides is 3. The molecule has 2 aromatic carbocycles. The SMILES string of the molecule is CN[C@H](C(=O)N1CCC[C@H]1c1nc(-c2ccc(-c3c(F)cc(NC(=O)c4ccc(N5CCN(C(=O)[C@H]6CC6(C)C)C[C@H]5C)nc4)cc3F)cc2)c[nH]1)C(C)C. The molecule has 2 aromatic heterocycles. The predicted octanol–water partition coefficient (Wildman–Crippen LogP) is 6.66. The van der Waals surface area contributed by atoms with Gasteiger partial charge in [0.05, 0.1) is 28.9 Å². The van der Waals surface area contributed by atoms with Crippen molar-refractivity contribution in [1.29, 1.82) is 0 Å². The minimum absolute atomic E-state index is 0.0179. The van der Waals surface area contributed by atoms with Gasteiger partial charge in [0, 0.05) is 61.8 Å². The van der Waals surface area contributed by atoms with Crippen molar-refractivity contribution in [3.63, 3.8) is 0 Å². The van der Waals surface area contributed by atoms with E-state index in [1.165, 1.54) is 6.20 Å². The van der Waals surface area contributed by atoms with Crippen LogP contribution in [0.2, 0.25) is 0 Å². The first-order valence-corrected chi connectivity index (χ1v) is 19.2. The molecule has 290 valence electrons. The number of pyridine rings is 1. The molecule has 7 rings (SSSR count). The predicted molar refractivity (Wildman–Crippen MR) is 208 cm³/mol. The summed E-state index contributed by atoms with van der Waals surface area (Å²) in [4.78, 5) is 57.8. The van der Waals surface area contributed by atoms with Gasteiger partial charge in [-0.2, -0.15) is 0 Å². The molecule has 3 aliphatic rings. The van der Waals surface area contributed by atoms with E-state index in [0.717, 1.165) is 37.0 Å². The Kier molecular flexibility index (Phi) is 10.5. The summed E-state index contributed by atoms with van der Waals surface area (Å²) in [6, 6.07) is 12.0. The molecule has 11 nitrogen and oxygen atoms in total. The molecule has 3 fully saturated rings. The van der Waals surface area contributed by atoms with Crippen LogP contribution in [-0.4, -0.2) is 87.8 Å². The molecular weight excluding hydrogens is 703 g/mol. The minimum atomic E-state index is -0.817. The molecular formula is C42H50F2N8O3. The third kappa shape index (κ3) is 7.71. The first-order chi connectivity index (χ1) is 26.2. The van der Waals surface area contributed by atoms with Gasteiger partial charge in [-0.25, -0.2) is 18.7 Å². The number of halogens is 2. The Balaban J connectivity index is 0.973. The summed E-state index contributed by atoms with van der Waals surface area (Å²) in [6.45, 7) is 12.9. The summed E-state index contributed by atoms with van der Waals surface area (Å²) in [6.07, 6.45) is 5.86. The number of carbonyl (C=O) groups is 3. The lowest BCUT2D eigenvalue weighted by molar-refractivity contribution is -0.135. The maximum absolute atomic E-state index is 15.5. The molecule has 2 aliphatic heterocycles. The van der Waals surface area contributed by atoms with Crippen LogP contribution in [-0.2, 0) is 9.59 Å². The van der Waals surface area contributed by atoms with Crippen molar-refractivity contribution in [2.24, 2.45) is 17.3 Å². The Morgan fingerprint density at radius 1 is 0.982 bits per heavy atom. The molecule has 4 heterocycles. The van der Waals surface area contributed by atoms with Crippen LogP contribution in [0.5, 0.6) is 0 Å². The van der Waals surface area contributed by atoms with Gasteiger partial charge in [0.1, 0.15) is 23.3 Å². The van der Waals surface area contributed by atoms with Crippen LogP contribution >= 0.6 is 0 Å². The summed E-state index contributed by atoms with van der Waals surface area (Å²) >= 11 is 0. The van der Waals surface area contributed by atoms with E-state index in [-0.39, 0.29) is 64.0 Å². The number of likely N-dealkylation sites (tertiary alicyclic amines) is 1. The molecule has 0 spiro atoms. The highest BCUT2D eigenvalue weighted by molar-refractivity contribution is 6.04. The van der Waals surface area contributed by atoms with E-state index < -0.39 is 17.5 Å². The molecule has 0 bridgehead atoms. The van der Waals surface area contributed by atoms with E-state index in [0.29, 0.717) is 49.1 Å². The fraction of sp³-hybridized carbons (Fsp3) is 0.452. The van der Waals surface area contributed by atoms with Crippen molar-refractivity contribution in [3.8, 4) is 22.4 Å². The fourth-order valence-electron chi connectivity index (χ4n) is 8.12. The van der Waals surface area contributed by atoms with Crippen molar-refractivity contribution in [3.05, 3.63) is 83.9 Å². The van der Waals surface area contributed by atoms with Crippen LogP contribution in [0.4, 0.5) is 20.3 Å². The topological polar surface area (TPSA) is 127 Å². The van der Waals surface area contributed by atoms with Crippen LogP contribution in [0, 0.1) is 28.9 Å². The molecule has 1 saturated carbocycles. The highest BCUT2D eigenvalue weighted by atomic mass is 19.1. The van der Waals surface area contributed by atoms with Gasteiger partial charge in [-0.15, -0.1) is 0 Å². The quantitative estimate of drug-likeness (QED) is 0.166. The van der Waals surface area contributed by atoms with Gasteiger partial charge in [-0.1, -0.05) is 52.0 Å². The first-order valence-electron chi connectivity index (χ1n) is 19.2. The third-order valence-corrected chi connectivity index (χ3v) is 11.5. The number of H-pyrrole nitrogens is 1. The Morgan fingerprint density at radius 3 is 2.27 bits per heavy atom. The number of carbonyl (C=O) groups excluding carboxylic acids is 3. The summed E-state index contributed by atoms with van der Waals surface area (Å²) in [5, 5.41) is 5.73. The highest BCUT2D eigenvalue weighted by Gasteiger charge is 2.52. The van der Waals surface area contributed by atoms with Crippen LogP contribution in [0.3, 0.4) is 0 Å². The van der Waals surface area contributed by atoms with E-state index in [1.807, 2.05) is 23.6 Å². The van der Waals surface area contributed by atoms with Crippen LogP contribution in [0.1, 0.15) is 76.1 Å². The summed E-state index contributed by atoms with van der Waals surface area (Å²) in [7, 11) is 1.80. The normalized spacial score (nSPS) is 21.2. The van der Waals surface area contributed by atoms with E-state index in [2.05, 4.69) is 46.3 Å². The number of benzene rings is 2. The number of aromatic amines is 1. The molecule has 4 atom stereocenters. The van der Waals surface area contributed by atoms with Gasteiger partial charge in [0.15, 0.2) is 0 Å². The molecule has 0 radical (unpaired) electrons. The van der Waals surface area contributed by atoms with Gasteiger partial charge in [-0.05, 0) is 74.4 Å². The van der Waals surface area contributed by atoms with Crippen molar-refractivity contribution >= 4 is 29.2 Å². The van der Waals surface area contributed by atoms with E-state index in [4.69, 9.17) is 4.98 Å². The number of likely N-dealkylation sites (N-methyl/N-ethyl adjacent to an activating group) is 1. The number of rotatable bonds is 10. The zero-order valence-electron chi connectivity index (χ0n) is 32.3. The van der Waals surface area contributed by atoms with Crippen molar-refractivity contribution < 1.29 is 23.2 Å². The van der Waals surface area contributed by atoms with E-state index in [1.54, 1.807) is 49.6 Å². The van der Waals surface area contributed by atoms with Crippen LogP contribution < -0.4 is 15.5 Å². The Hall–Kier alpha value is -5.17. The van der Waals surface area contributed by atoms with E-state index in [9.17, 15) is 14.4 Å². The molecule has 0 unspecified atom stereocenters. The molecule has 1 aliphatic carbocycles. The van der Waals surface area contributed by atoms with Crippen LogP contribution in [0.25, 0.3) is 22.4 Å². The van der Waals surface area contributed by atoms with Gasteiger partial charge in [0.2, 0.25) is 11.8 Å². The maximum atomic E-state index is 15.5. The van der Waals surface area contributed by atoms with Gasteiger partial charge >= 0.3 is 0 Å². The third-order valence-electron chi connectivity index (χ3n) is 11.5. The zero-order chi connectivity index (χ0) is 39.2. The number of imidazole rings is 1. The smallest absolute Gasteiger partial charge is 0.257 e. The summed E-state index contributed by atoms with van der Waals surface area (Å²) < 4.78 is 30.9. The Morgan fingerprint density at radius 2 is 1.67 bits per heavy atom. The van der Waals surface area contributed by atoms with E-state index >= 15 is 8.78 Å². The second-order valence-electron chi connectivity index (χ2n) is 16.2. The lowest BCUT2D eigenvalue weighted by atomic mass is 10.0. The average Bonchev–Trinajstić information content (AvgIpc) is 3.50. The number of nitrogens with zero attached hydrogens (tertiary/aromatic N) is 5. The standard InChI is InChI=1S/C42H50F2N8O3/c1-24(2)37(45-6)41(55)52-15-7-8-34(52)38-47-22-33(49-38)26-9-11-27(12-10-26)36-31(43)18-29(19-32(36)44)48-39(53)28-13-14-35(46-21-28)51-17-16-50(23-25(51)3)40(54)30-20-42(30,4)5/h9-14,18-19,21-22,24-25,30,34,37,45H,7-8,15-17,20,23H2,1-6H3,(H,47,49)(H,48,53)/t25-,30-,34+,37+/m1/s1. The number of anilines is 2. The Bertz CT molecular complexity index is 2040. The molecule has 3 N–H and O–H groups in total. The average molecular weight is 753 g/mol. The molecule has 4 aromatic rings. The second kappa shape index (κ2) is 15.2. The van der Waals surface area contributed by atoms with Crippen molar-refractivity contribution in [2.75, 3.05) is 43.4 Å². The zero-order valence-corrected chi connectivity index (χ0v) is 32.3. The summed E-state index contributed by atoms with van der Waals surface area (Å²) in [5.74, 6) is -0.239. The lowest BCUT2D eigenvalue weighted by Gasteiger charge is -2.40. The minimum Gasteiger partial charge on any atom is -0.350 e. The highest BCUT2D eigenvalue weighted by Crippen LogP contribution is 2.52. The maximum Gasteiger partial charge on any atom is 0.257 e. The lowest BCUT2D eigenvalue weighted by Crippen LogP contribution is -2.54. The van der Waals surface area contributed by atoms with Crippen molar-refractivity contribution in [1.82, 2.24) is 30.1 Å². The molecule has 55 heavy (non-hydrogen) atoms. The number of hydrogen-bond acceptors (Lipinski definition) is 7. The molecule has 2 saturated heterocycles. The first kappa shape index (κ1) is 38.1. The second-order valence-corrected chi connectivity index (χ2v) is 16.2. The number of piperazine rings is 1. The van der Waals surface area contributed by atoms with Gasteiger partial charge < -0.3 is 30.3 Å².